The van der Waals surface area contributed by atoms with Gasteiger partial charge < -0.3 is 10.6 Å². The second-order valence-corrected chi connectivity index (χ2v) is 4.04. The zero-order valence-electron chi connectivity index (χ0n) is 9.15. The first-order valence-electron chi connectivity index (χ1n) is 5.37. The number of alkyl halides is 2. The summed E-state index contributed by atoms with van der Waals surface area (Å²) in [6, 6.07) is 0.879. The quantitative estimate of drug-likeness (QED) is 0.477. The van der Waals surface area contributed by atoms with Crippen molar-refractivity contribution < 1.29 is 0 Å². The normalized spacial score (nSPS) is 15.4. The number of hydrogen-bond donors (Lipinski definition) is 2. The minimum Gasteiger partial charge on any atom is -0.312 e. The molecule has 0 bridgehead atoms. The molecule has 0 saturated heterocycles. The molecule has 0 aromatic carbocycles. The molecule has 0 fully saturated rings. The van der Waals surface area contributed by atoms with Gasteiger partial charge in [-0.3, -0.25) is 0 Å². The molecular formula is C10H22Cl2N2. The Morgan fingerprint density at radius 3 is 1.43 bits per heavy atom. The highest BCUT2D eigenvalue weighted by atomic mass is 35.5. The number of halogens is 2. The summed E-state index contributed by atoms with van der Waals surface area (Å²) in [7, 11) is 0. The molecular weight excluding hydrogens is 219 g/mol. The van der Waals surface area contributed by atoms with E-state index < -0.39 is 0 Å². The van der Waals surface area contributed by atoms with Crippen molar-refractivity contribution in [1.82, 2.24) is 10.6 Å². The van der Waals surface area contributed by atoms with Crippen LogP contribution in [0.2, 0.25) is 0 Å². The van der Waals surface area contributed by atoms with Crippen LogP contribution in [0, 0.1) is 0 Å². The molecule has 0 heterocycles. The van der Waals surface area contributed by atoms with E-state index in [4.69, 9.17) is 23.2 Å². The van der Waals surface area contributed by atoms with Crippen LogP contribution in [0.5, 0.6) is 0 Å². The molecule has 2 nitrogen and oxygen atoms in total. The van der Waals surface area contributed by atoms with Crippen molar-refractivity contribution >= 4 is 23.2 Å². The van der Waals surface area contributed by atoms with Crippen LogP contribution >= 0.6 is 23.2 Å². The zero-order chi connectivity index (χ0) is 10.8. The van der Waals surface area contributed by atoms with Gasteiger partial charge >= 0.3 is 0 Å². The van der Waals surface area contributed by atoms with Crippen LogP contribution in [-0.2, 0) is 0 Å². The monoisotopic (exact) mass is 240 g/mol. The Kier molecular flexibility index (Phi) is 10.4. The Bertz CT molecular complexity index is 101. The summed E-state index contributed by atoms with van der Waals surface area (Å²) in [4.78, 5) is 0. The Morgan fingerprint density at radius 2 is 1.21 bits per heavy atom. The Morgan fingerprint density at radius 1 is 0.857 bits per heavy atom. The van der Waals surface area contributed by atoms with E-state index in [1.165, 1.54) is 0 Å². The summed E-state index contributed by atoms with van der Waals surface area (Å²) in [6.07, 6.45) is 2.16. The van der Waals surface area contributed by atoms with Crippen molar-refractivity contribution in [1.29, 1.82) is 0 Å². The van der Waals surface area contributed by atoms with E-state index in [-0.39, 0.29) is 0 Å². The molecule has 0 aliphatic carbocycles. The van der Waals surface area contributed by atoms with E-state index in [2.05, 4.69) is 24.5 Å². The van der Waals surface area contributed by atoms with Gasteiger partial charge in [0.25, 0.3) is 0 Å². The SMILES string of the molecule is CCC(CCl)NCCNC(CC)CCl. The smallest absolute Gasteiger partial charge is 0.0377 e. The van der Waals surface area contributed by atoms with E-state index in [1.54, 1.807) is 0 Å². The van der Waals surface area contributed by atoms with E-state index in [0.717, 1.165) is 25.9 Å². The third kappa shape index (κ3) is 6.88. The molecule has 0 aromatic rings. The standard InChI is InChI=1S/C10H22Cl2N2/c1-3-9(7-11)13-5-6-14-10(4-2)8-12/h9-10,13-14H,3-8H2,1-2H3. The molecule has 14 heavy (non-hydrogen) atoms. The van der Waals surface area contributed by atoms with Crippen LogP contribution in [0.25, 0.3) is 0 Å². The largest absolute Gasteiger partial charge is 0.312 e. The first-order chi connectivity index (χ1) is 6.78. The second-order valence-electron chi connectivity index (χ2n) is 3.43. The first kappa shape index (κ1) is 14.5. The summed E-state index contributed by atoms with van der Waals surface area (Å²) in [5.74, 6) is 1.37. The zero-order valence-corrected chi connectivity index (χ0v) is 10.7. The summed E-state index contributed by atoms with van der Waals surface area (Å²) < 4.78 is 0. The van der Waals surface area contributed by atoms with Gasteiger partial charge in [-0.15, -0.1) is 23.2 Å². The topological polar surface area (TPSA) is 24.1 Å². The van der Waals surface area contributed by atoms with Gasteiger partial charge in [-0.05, 0) is 12.8 Å². The highest BCUT2D eigenvalue weighted by molar-refractivity contribution is 6.18. The van der Waals surface area contributed by atoms with Crippen LogP contribution in [0.1, 0.15) is 26.7 Å². The van der Waals surface area contributed by atoms with Crippen LogP contribution < -0.4 is 10.6 Å². The summed E-state index contributed by atoms with van der Waals surface area (Å²) >= 11 is 11.5. The van der Waals surface area contributed by atoms with Gasteiger partial charge in [0.05, 0.1) is 0 Å². The molecule has 0 amide bonds. The van der Waals surface area contributed by atoms with Gasteiger partial charge in [0.15, 0.2) is 0 Å². The predicted molar refractivity (Wildman–Crippen MR) is 65.6 cm³/mol. The molecule has 0 radical (unpaired) electrons. The summed E-state index contributed by atoms with van der Waals surface area (Å²) in [5, 5.41) is 6.77. The molecule has 2 N–H and O–H groups in total. The van der Waals surface area contributed by atoms with E-state index >= 15 is 0 Å². The highest BCUT2D eigenvalue weighted by Crippen LogP contribution is 1.94. The average Bonchev–Trinajstić information content (AvgIpc) is 2.24. The van der Waals surface area contributed by atoms with Crippen LogP contribution in [-0.4, -0.2) is 36.9 Å². The number of rotatable bonds is 9. The lowest BCUT2D eigenvalue weighted by Crippen LogP contribution is -2.39. The second kappa shape index (κ2) is 10.0. The fraction of sp³-hybridized carbons (Fsp3) is 1.00. The minimum atomic E-state index is 0.439. The maximum Gasteiger partial charge on any atom is 0.0377 e. The van der Waals surface area contributed by atoms with Gasteiger partial charge in [0.1, 0.15) is 0 Å². The molecule has 2 atom stereocenters. The van der Waals surface area contributed by atoms with Crippen molar-refractivity contribution in [2.24, 2.45) is 0 Å². The van der Waals surface area contributed by atoms with Crippen molar-refractivity contribution in [3.63, 3.8) is 0 Å². The molecule has 0 aromatic heterocycles. The van der Waals surface area contributed by atoms with Crippen LogP contribution in [0.3, 0.4) is 0 Å². The molecule has 2 unspecified atom stereocenters. The number of nitrogens with one attached hydrogen (secondary N) is 2. The third-order valence-electron chi connectivity index (χ3n) is 2.35. The Balaban J connectivity index is 3.35. The predicted octanol–water partition coefficient (Wildman–Crippen LogP) is 2.20. The van der Waals surface area contributed by atoms with E-state index in [1.807, 2.05) is 0 Å². The third-order valence-corrected chi connectivity index (χ3v) is 3.09. The maximum absolute atomic E-state index is 5.76. The fourth-order valence-corrected chi connectivity index (χ4v) is 1.82. The van der Waals surface area contributed by atoms with Crippen LogP contribution in [0.15, 0.2) is 0 Å². The minimum absolute atomic E-state index is 0.439. The van der Waals surface area contributed by atoms with Crippen molar-refractivity contribution in [2.75, 3.05) is 24.8 Å². The van der Waals surface area contributed by atoms with Gasteiger partial charge in [0.2, 0.25) is 0 Å². The van der Waals surface area contributed by atoms with Gasteiger partial charge in [-0.25, -0.2) is 0 Å². The first-order valence-corrected chi connectivity index (χ1v) is 6.44. The van der Waals surface area contributed by atoms with Crippen molar-refractivity contribution in [2.45, 2.75) is 38.8 Å². The van der Waals surface area contributed by atoms with Gasteiger partial charge in [0, 0.05) is 36.9 Å². The lowest BCUT2D eigenvalue weighted by Gasteiger charge is -2.17. The van der Waals surface area contributed by atoms with Crippen molar-refractivity contribution in [3.05, 3.63) is 0 Å². The lowest BCUT2D eigenvalue weighted by atomic mass is 10.2. The summed E-state index contributed by atoms with van der Waals surface area (Å²) in [5.41, 5.74) is 0. The molecule has 0 aliphatic heterocycles. The van der Waals surface area contributed by atoms with E-state index in [0.29, 0.717) is 23.8 Å². The van der Waals surface area contributed by atoms with Gasteiger partial charge in [-0.1, -0.05) is 13.8 Å². The van der Waals surface area contributed by atoms with Crippen molar-refractivity contribution in [3.8, 4) is 0 Å². The Hall–Kier alpha value is 0.500. The molecule has 0 spiro atoms. The maximum atomic E-state index is 5.76. The molecule has 0 rings (SSSR count). The molecule has 86 valence electrons. The van der Waals surface area contributed by atoms with Crippen LogP contribution in [0.4, 0.5) is 0 Å². The molecule has 0 saturated carbocycles. The highest BCUT2D eigenvalue weighted by Gasteiger charge is 2.04. The molecule has 4 heteroatoms. The molecule has 0 aliphatic rings. The average molecular weight is 241 g/mol. The lowest BCUT2D eigenvalue weighted by molar-refractivity contribution is 0.485. The fourth-order valence-electron chi connectivity index (χ4n) is 1.17. The number of hydrogen-bond acceptors (Lipinski definition) is 2. The van der Waals surface area contributed by atoms with E-state index in [9.17, 15) is 0 Å². The summed E-state index contributed by atoms with van der Waals surface area (Å²) in [6.45, 7) is 6.19. The Labute approximate surface area is 97.7 Å². The van der Waals surface area contributed by atoms with Gasteiger partial charge in [-0.2, -0.15) is 0 Å².